The number of hydrogen-bond donors (Lipinski definition) is 1. The SMILES string of the molecule is COCCNC(C)C(C)Cc1ccc2c(c1)CCC2. The van der Waals surface area contributed by atoms with Gasteiger partial charge in [-0.2, -0.15) is 0 Å². The monoisotopic (exact) mass is 261 g/mol. The number of rotatable bonds is 7. The van der Waals surface area contributed by atoms with Crippen LogP contribution in [0.15, 0.2) is 18.2 Å². The van der Waals surface area contributed by atoms with Crippen LogP contribution in [0, 0.1) is 5.92 Å². The molecule has 0 aromatic heterocycles. The van der Waals surface area contributed by atoms with Crippen molar-refractivity contribution in [2.45, 2.75) is 45.6 Å². The first-order chi connectivity index (χ1) is 9.20. The van der Waals surface area contributed by atoms with Crippen LogP contribution in [0.4, 0.5) is 0 Å². The van der Waals surface area contributed by atoms with Crippen molar-refractivity contribution in [1.29, 1.82) is 0 Å². The zero-order chi connectivity index (χ0) is 13.7. The van der Waals surface area contributed by atoms with E-state index in [1.54, 1.807) is 18.2 Å². The predicted octanol–water partition coefficient (Wildman–Crippen LogP) is 2.98. The minimum atomic E-state index is 0.531. The summed E-state index contributed by atoms with van der Waals surface area (Å²) in [6.45, 7) is 6.33. The van der Waals surface area contributed by atoms with E-state index in [2.05, 4.69) is 37.4 Å². The molecule has 19 heavy (non-hydrogen) atoms. The maximum atomic E-state index is 5.08. The number of hydrogen-bond acceptors (Lipinski definition) is 2. The highest BCUT2D eigenvalue weighted by molar-refractivity contribution is 5.35. The van der Waals surface area contributed by atoms with Gasteiger partial charge in [0.05, 0.1) is 6.61 Å². The van der Waals surface area contributed by atoms with E-state index in [-0.39, 0.29) is 0 Å². The number of methoxy groups -OCH3 is 1. The molecule has 2 rings (SSSR count). The summed E-state index contributed by atoms with van der Waals surface area (Å²) in [5, 5.41) is 3.53. The van der Waals surface area contributed by atoms with Crippen LogP contribution in [0.5, 0.6) is 0 Å². The summed E-state index contributed by atoms with van der Waals surface area (Å²) in [6.07, 6.45) is 5.05. The van der Waals surface area contributed by atoms with Crippen molar-refractivity contribution in [3.8, 4) is 0 Å². The third-order valence-corrected chi connectivity index (χ3v) is 4.35. The van der Waals surface area contributed by atoms with Crippen molar-refractivity contribution in [2.75, 3.05) is 20.3 Å². The lowest BCUT2D eigenvalue weighted by molar-refractivity contribution is 0.192. The minimum absolute atomic E-state index is 0.531. The van der Waals surface area contributed by atoms with E-state index in [0.29, 0.717) is 12.0 Å². The van der Waals surface area contributed by atoms with Crippen LogP contribution < -0.4 is 5.32 Å². The van der Waals surface area contributed by atoms with Gasteiger partial charge in [-0.1, -0.05) is 25.1 Å². The number of ether oxygens (including phenoxy) is 1. The summed E-state index contributed by atoms with van der Waals surface area (Å²) < 4.78 is 5.08. The summed E-state index contributed by atoms with van der Waals surface area (Å²) in [4.78, 5) is 0. The van der Waals surface area contributed by atoms with Gasteiger partial charge in [0.25, 0.3) is 0 Å². The van der Waals surface area contributed by atoms with Crippen LogP contribution in [-0.2, 0) is 24.0 Å². The summed E-state index contributed by atoms with van der Waals surface area (Å²) in [6, 6.07) is 7.62. The molecule has 0 bridgehead atoms. The molecule has 2 atom stereocenters. The number of fused-ring (bicyclic) bond motifs is 1. The van der Waals surface area contributed by atoms with Gasteiger partial charge in [0.2, 0.25) is 0 Å². The van der Waals surface area contributed by atoms with E-state index in [4.69, 9.17) is 4.74 Å². The summed E-state index contributed by atoms with van der Waals surface area (Å²) in [7, 11) is 1.75. The molecule has 0 fully saturated rings. The average Bonchev–Trinajstić information content (AvgIpc) is 2.86. The van der Waals surface area contributed by atoms with Crippen LogP contribution in [0.25, 0.3) is 0 Å². The zero-order valence-corrected chi connectivity index (χ0v) is 12.5. The van der Waals surface area contributed by atoms with Crippen molar-refractivity contribution < 1.29 is 4.74 Å². The maximum absolute atomic E-state index is 5.08. The smallest absolute Gasteiger partial charge is 0.0587 e. The van der Waals surface area contributed by atoms with Crippen LogP contribution in [-0.4, -0.2) is 26.3 Å². The second-order valence-corrected chi connectivity index (χ2v) is 5.87. The summed E-state index contributed by atoms with van der Waals surface area (Å²) >= 11 is 0. The van der Waals surface area contributed by atoms with Crippen LogP contribution in [0.3, 0.4) is 0 Å². The first-order valence-electron chi connectivity index (χ1n) is 7.53. The molecule has 1 aliphatic carbocycles. The van der Waals surface area contributed by atoms with Crippen LogP contribution in [0.2, 0.25) is 0 Å². The molecule has 2 heteroatoms. The highest BCUT2D eigenvalue weighted by Gasteiger charge is 2.15. The van der Waals surface area contributed by atoms with E-state index >= 15 is 0 Å². The molecule has 0 saturated carbocycles. The lowest BCUT2D eigenvalue weighted by atomic mass is 9.93. The van der Waals surface area contributed by atoms with E-state index in [9.17, 15) is 0 Å². The molecule has 0 saturated heterocycles. The van der Waals surface area contributed by atoms with Gasteiger partial charge < -0.3 is 10.1 Å². The third kappa shape index (κ3) is 4.05. The Hall–Kier alpha value is -0.860. The number of benzene rings is 1. The molecule has 0 spiro atoms. The highest BCUT2D eigenvalue weighted by atomic mass is 16.5. The van der Waals surface area contributed by atoms with E-state index in [1.165, 1.54) is 24.8 Å². The average molecular weight is 261 g/mol. The Morgan fingerprint density at radius 1 is 1.21 bits per heavy atom. The Bertz CT molecular complexity index is 402. The molecule has 106 valence electrons. The topological polar surface area (TPSA) is 21.3 Å². The quantitative estimate of drug-likeness (QED) is 0.762. The minimum Gasteiger partial charge on any atom is -0.383 e. The number of aryl methyl sites for hydroxylation is 2. The largest absolute Gasteiger partial charge is 0.383 e. The van der Waals surface area contributed by atoms with E-state index in [1.807, 2.05) is 0 Å². The van der Waals surface area contributed by atoms with Gasteiger partial charge in [-0.25, -0.2) is 0 Å². The molecule has 1 aromatic rings. The molecule has 0 aliphatic heterocycles. The van der Waals surface area contributed by atoms with Crippen molar-refractivity contribution in [3.05, 3.63) is 34.9 Å². The molecule has 2 nitrogen and oxygen atoms in total. The summed E-state index contributed by atoms with van der Waals surface area (Å²) in [5.41, 5.74) is 4.65. The fourth-order valence-electron chi connectivity index (χ4n) is 2.89. The van der Waals surface area contributed by atoms with Crippen molar-refractivity contribution in [1.82, 2.24) is 5.32 Å². The Balaban J connectivity index is 1.86. The Kier molecular flexibility index (Phi) is 5.41. The van der Waals surface area contributed by atoms with Crippen molar-refractivity contribution >= 4 is 0 Å². The fourth-order valence-corrected chi connectivity index (χ4v) is 2.89. The lowest BCUT2D eigenvalue weighted by Crippen LogP contribution is -2.35. The zero-order valence-electron chi connectivity index (χ0n) is 12.5. The molecule has 1 aromatic carbocycles. The number of nitrogens with one attached hydrogen (secondary N) is 1. The van der Waals surface area contributed by atoms with Gasteiger partial charge in [0.15, 0.2) is 0 Å². The normalized spacial score (nSPS) is 17.2. The molecule has 0 amide bonds. The predicted molar refractivity (Wildman–Crippen MR) is 80.7 cm³/mol. The molecule has 0 radical (unpaired) electrons. The van der Waals surface area contributed by atoms with Crippen LogP contribution >= 0.6 is 0 Å². The Morgan fingerprint density at radius 3 is 2.79 bits per heavy atom. The second-order valence-electron chi connectivity index (χ2n) is 5.87. The molecule has 0 heterocycles. The maximum Gasteiger partial charge on any atom is 0.0587 e. The second kappa shape index (κ2) is 7.06. The van der Waals surface area contributed by atoms with Gasteiger partial charge in [-0.15, -0.1) is 0 Å². The first-order valence-corrected chi connectivity index (χ1v) is 7.53. The van der Waals surface area contributed by atoms with Crippen molar-refractivity contribution in [2.24, 2.45) is 5.92 Å². The highest BCUT2D eigenvalue weighted by Crippen LogP contribution is 2.24. The lowest BCUT2D eigenvalue weighted by Gasteiger charge is -2.21. The van der Waals surface area contributed by atoms with Crippen molar-refractivity contribution in [3.63, 3.8) is 0 Å². The van der Waals surface area contributed by atoms with Gasteiger partial charge in [0, 0.05) is 19.7 Å². The van der Waals surface area contributed by atoms with E-state index in [0.717, 1.165) is 19.6 Å². The molecule has 1 N–H and O–H groups in total. The third-order valence-electron chi connectivity index (χ3n) is 4.35. The molecular weight excluding hydrogens is 234 g/mol. The molecule has 2 unspecified atom stereocenters. The van der Waals surface area contributed by atoms with Gasteiger partial charge in [0.1, 0.15) is 0 Å². The van der Waals surface area contributed by atoms with E-state index < -0.39 is 0 Å². The van der Waals surface area contributed by atoms with Gasteiger partial charge in [-0.3, -0.25) is 0 Å². The first kappa shape index (κ1) is 14.5. The Morgan fingerprint density at radius 2 is 2.00 bits per heavy atom. The molecule has 1 aliphatic rings. The molecular formula is C17H27NO. The summed E-state index contributed by atoms with van der Waals surface area (Å²) in [5.74, 6) is 0.649. The fraction of sp³-hybridized carbons (Fsp3) is 0.647. The Labute approximate surface area is 117 Å². The standard InChI is InChI=1S/C17H27NO/c1-13(14(2)18-9-10-19-3)11-15-7-8-16-5-4-6-17(16)12-15/h7-8,12-14,18H,4-6,9-11H2,1-3H3. The van der Waals surface area contributed by atoms with Gasteiger partial charge in [-0.05, 0) is 55.2 Å². The van der Waals surface area contributed by atoms with Crippen LogP contribution in [0.1, 0.15) is 37.0 Å². The van der Waals surface area contributed by atoms with Gasteiger partial charge >= 0.3 is 0 Å².